The minimum atomic E-state index is 0.782. The quantitative estimate of drug-likeness (QED) is 0.488. The van der Waals surface area contributed by atoms with Crippen molar-refractivity contribution in [3.8, 4) is 0 Å². The lowest BCUT2D eigenvalue weighted by atomic mass is 9.97. The van der Waals surface area contributed by atoms with E-state index >= 15 is 0 Å². The van der Waals surface area contributed by atoms with Gasteiger partial charge in [-0.3, -0.25) is 9.38 Å². The summed E-state index contributed by atoms with van der Waals surface area (Å²) in [6, 6.07) is 6.00. The van der Waals surface area contributed by atoms with E-state index in [1.54, 1.807) is 11.8 Å². The molecule has 4 heterocycles. The van der Waals surface area contributed by atoms with Crippen LogP contribution in [0.4, 0.5) is 0 Å². The molecule has 1 aliphatic carbocycles. The predicted molar refractivity (Wildman–Crippen MR) is 106 cm³/mol. The summed E-state index contributed by atoms with van der Waals surface area (Å²) >= 11 is 3.53. The molecule has 0 atom stereocenters. The number of hydrogen-bond acceptors (Lipinski definition) is 6. The van der Waals surface area contributed by atoms with Gasteiger partial charge in [-0.25, -0.2) is 4.98 Å². The van der Waals surface area contributed by atoms with E-state index in [1.165, 1.54) is 35.1 Å². The van der Waals surface area contributed by atoms with Gasteiger partial charge in [-0.1, -0.05) is 24.8 Å². The van der Waals surface area contributed by atoms with Gasteiger partial charge in [0, 0.05) is 23.2 Å². The number of thiophene rings is 1. The number of nitrogens with zero attached hydrogens (tertiary/aromatic N) is 5. The zero-order valence-corrected chi connectivity index (χ0v) is 16.2. The normalized spacial score (nSPS) is 14.2. The predicted octanol–water partition coefficient (Wildman–Crippen LogP) is 4.47. The highest BCUT2D eigenvalue weighted by atomic mass is 32.2. The summed E-state index contributed by atoms with van der Waals surface area (Å²) in [5.74, 6) is 1.82. The first kappa shape index (κ1) is 16.2. The maximum Gasteiger partial charge on any atom is 0.197 e. The second-order valence-electron chi connectivity index (χ2n) is 6.52. The smallest absolute Gasteiger partial charge is 0.197 e. The Morgan fingerprint density at radius 3 is 2.96 bits per heavy atom. The molecule has 0 saturated carbocycles. The molecular formula is C19H19N5S2. The fourth-order valence-electron chi connectivity index (χ4n) is 3.65. The minimum absolute atomic E-state index is 0.782. The number of fused-ring (bicyclic) bond motifs is 5. The molecule has 132 valence electrons. The molecule has 0 spiro atoms. The van der Waals surface area contributed by atoms with Gasteiger partial charge in [-0.2, -0.15) is 0 Å². The van der Waals surface area contributed by atoms with E-state index < -0.39 is 0 Å². The minimum Gasteiger partial charge on any atom is -0.260 e. The maximum atomic E-state index is 4.99. The summed E-state index contributed by atoms with van der Waals surface area (Å²) in [7, 11) is 0. The average molecular weight is 382 g/mol. The molecular weight excluding hydrogens is 362 g/mol. The molecule has 0 N–H and O–H groups in total. The molecule has 7 heteroatoms. The van der Waals surface area contributed by atoms with E-state index in [4.69, 9.17) is 4.98 Å². The summed E-state index contributed by atoms with van der Waals surface area (Å²) in [6.45, 7) is 2.15. The van der Waals surface area contributed by atoms with Crippen molar-refractivity contribution in [2.45, 2.75) is 49.9 Å². The monoisotopic (exact) mass is 381 g/mol. The van der Waals surface area contributed by atoms with Crippen LogP contribution >= 0.6 is 23.1 Å². The Bertz CT molecular complexity index is 1080. The van der Waals surface area contributed by atoms with Crippen LogP contribution in [0.15, 0.2) is 29.6 Å². The van der Waals surface area contributed by atoms with E-state index in [0.717, 1.165) is 45.7 Å². The largest absolute Gasteiger partial charge is 0.260 e. The first-order valence-corrected chi connectivity index (χ1v) is 10.9. The molecule has 4 aromatic rings. The first-order valence-electron chi connectivity index (χ1n) is 9.06. The van der Waals surface area contributed by atoms with Gasteiger partial charge in [0.1, 0.15) is 10.7 Å². The zero-order valence-electron chi connectivity index (χ0n) is 14.6. The van der Waals surface area contributed by atoms with Crippen LogP contribution in [0.3, 0.4) is 0 Å². The van der Waals surface area contributed by atoms with Gasteiger partial charge in [0.2, 0.25) is 0 Å². The maximum absolute atomic E-state index is 4.99. The lowest BCUT2D eigenvalue weighted by Crippen LogP contribution is -2.03. The Balaban J connectivity index is 1.64. The molecule has 26 heavy (non-hydrogen) atoms. The first-order chi connectivity index (χ1) is 12.8. The highest BCUT2D eigenvalue weighted by Gasteiger charge is 2.23. The fourth-order valence-corrected chi connectivity index (χ4v) is 5.79. The third kappa shape index (κ3) is 2.61. The third-order valence-corrected chi connectivity index (χ3v) is 7.04. The third-order valence-electron chi connectivity index (χ3n) is 4.89. The van der Waals surface area contributed by atoms with Crippen molar-refractivity contribution in [3.05, 3.63) is 46.4 Å². The van der Waals surface area contributed by atoms with Crippen LogP contribution in [0.25, 0.3) is 15.9 Å². The number of aromatic nitrogens is 5. The highest BCUT2D eigenvalue weighted by molar-refractivity contribution is 7.98. The molecule has 5 nitrogen and oxygen atoms in total. The second kappa shape index (κ2) is 6.63. The van der Waals surface area contributed by atoms with Crippen LogP contribution in [0, 0.1) is 0 Å². The molecule has 0 fully saturated rings. The van der Waals surface area contributed by atoms with Crippen molar-refractivity contribution in [2.75, 3.05) is 0 Å². The van der Waals surface area contributed by atoms with Gasteiger partial charge < -0.3 is 0 Å². The van der Waals surface area contributed by atoms with Gasteiger partial charge in [0.25, 0.3) is 0 Å². The van der Waals surface area contributed by atoms with E-state index in [1.807, 2.05) is 35.7 Å². The standard InChI is InChI=1S/C19H19N5S2/c1-2-15-21-18-16(13-8-3-4-9-14(13)26-18)17-22-23-19(24(15)17)25-11-12-7-5-6-10-20-12/h5-7,10H,2-4,8-9,11H2,1H3. The molecule has 5 rings (SSSR count). The van der Waals surface area contributed by atoms with Gasteiger partial charge in [0.15, 0.2) is 10.8 Å². The van der Waals surface area contributed by atoms with Crippen molar-refractivity contribution in [3.63, 3.8) is 0 Å². The van der Waals surface area contributed by atoms with Crippen molar-refractivity contribution in [1.29, 1.82) is 0 Å². The second-order valence-corrected chi connectivity index (χ2v) is 8.55. The van der Waals surface area contributed by atoms with Crippen molar-refractivity contribution in [1.82, 2.24) is 24.6 Å². The highest BCUT2D eigenvalue weighted by Crippen LogP contribution is 2.38. The Kier molecular flexibility index (Phi) is 4.13. The molecule has 0 radical (unpaired) electrons. The van der Waals surface area contributed by atoms with Gasteiger partial charge in [-0.15, -0.1) is 21.5 Å². The Morgan fingerprint density at radius 1 is 1.19 bits per heavy atom. The number of pyridine rings is 1. The summed E-state index contributed by atoms with van der Waals surface area (Å²) in [6.07, 6.45) is 7.56. The summed E-state index contributed by atoms with van der Waals surface area (Å²) in [5, 5.41) is 11.2. The van der Waals surface area contributed by atoms with Crippen LogP contribution in [-0.2, 0) is 25.0 Å². The Hall–Kier alpha value is -1.99. The molecule has 0 bridgehead atoms. The van der Waals surface area contributed by atoms with Crippen molar-refractivity contribution >= 4 is 39.0 Å². The van der Waals surface area contributed by atoms with Crippen LogP contribution in [0.1, 0.15) is 41.7 Å². The molecule has 4 aromatic heterocycles. The molecule has 0 saturated heterocycles. The van der Waals surface area contributed by atoms with Crippen LogP contribution in [0.5, 0.6) is 0 Å². The lowest BCUT2D eigenvalue weighted by molar-refractivity contribution is 0.700. The van der Waals surface area contributed by atoms with Gasteiger partial charge >= 0.3 is 0 Å². The number of thioether (sulfide) groups is 1. The molecule has 0 amide bonds. The van der Waals surface area contributed by atoms with E-state index in [0.29, 0.717) is 0 Å². The van der Waals surface area contributed by atoms with Crippen molar-refractivity contribution in [2.24, 2.45) is 0 Å². The van der Waals surface area contributed by atoms with Crippen LogP contribution < -0.4 is 0 Å². The zero-order chi connectivity index (χ0) is 17.5. The number of rotatable bonds is 4. The molecule has 0 aliphatic heterocycles. The van der Waals surface area contributed by atoms with E-state index in [-0.39, 0.29) is 0 Å². The molecule has 0 aromatic carbocycles. The fraction of sp³-hybridized carbons (Fsp3) is 0.368. The lowest BCUT2D eigenvalue weighted by Gasteiger charge is -2.11. The number of hydrogen-bond donors (Lipinski definition) is 0. The van der Waals surface area contributed by atoms with Gasteiger partial charge in [0.05, 0.1) is 11.1 Å². The number of aryl methyl sites for hydroxylation is 3. The summed E-state index contributed by atoms with van der Waals surface area (Å²) in [5.41, 5.74) is 3.49. The summed E-state index contributed by atoms with van der Waals surface area (Å²) in [4.78, 5) is 12.0. The Morgan fingerprint density at radius 2 is 2.12 bits per heavy atom. The molecule has 1 aliphatic rings. The Labute approximate surface area is 159 Å². The van der Waals surface area contributed by atoms with E-state index in [9.17, 15) is 0 Å². The van der Waals surface area contributed by atoms with Crippen LogP contribution in [0.2, 0.25) is 0 Å². The van der Waals surface area contributed by atoms with Crippen LogP contribution in [-0.4, -0.2) is 24.6 Å². The summed E-state index contributed by atoms with van der Waals surface area (Å²) < 4.78 is 2.16. The molecule has 0 unspecified atom stereocenters. The topological polar surface area (TPSA) is 56.0 Å². The van der Waals surface area contributed by atoms with Crippen molar-refractivity contribution < 1.29 is 0 Å². The van der Waals surface area contributed by atoms with Gasteiger partial charge in [-0.05, 0) is 43.4 Å². The van der Waals surface area contributed by atoms with E-state index in [2.05, 4.69) is 26.5 Å². The average Bonchev–Trinajstić information content (AvgIpc) is 3.27. The SMILES string of the molecule is CCc1nc2sc3c(c2c2nnc(SCc4ccccn4)n12)CCCC3.